The lowest BCUT2D eigenvalue weighted by molar-refractivity contribution is -0.161. The van der Waals surface area contributed by atoms with Crippen molar-refractivity contribution in [1.82, 2.24) is 10.0 Å². The minimum Gasteiger partial charge on any atom is -0.272 e. The van der Waals surface area contributed by atoms with E-state index in [0.717, 1.165) is 19.3 Å². The molecule has 1 aliphatic rings. The summed E-state index contributed by atoms with van der Waals surface area (Å²) in [6.07, 6.45) is 2.96. The number of halogens is 2. The molecule has 2 amide bonds. The second-order valence-electron chi connectivity index (χ2n) is 4.22. The summed E-state index contributed by atoms with van der Waals surface area (Å²) >= 11 is 6.55. The highest BCUT2D eigenvalue weighted by atomic mass is 79.9. The summed E-state index contributed by atoms with van der Waals surface area (Å²) in [5, 5.41) is 3.18. The minimum atomic E-state index is -0.262. The molecular formula is C11H18Br2N2O2. The number of rotatable bonds is 2. The first kappa shape index (κ1) is 15.0. The van der Waals surface area contributed by atoms with Gasteiger partial charge in [0, 0.05) is 13.1 Å². The van der Waals surface area contributed by atoms with Crippen LogP contribution < -0.4 is 0 Å². The van der Waals surface area contributed by atoms with Crippen LogP contribution in [0.1, 0.15) is 33.1 Å². The van der Waals surface area contributed by atoms with Gasteiger partial charge in [0.25, 0.3) is 11.8 Å². The maximum Gasteiger partial charge on any atom is 0.254 e. The predicted molar refractivity (Wildman–Crippen MR) is 74.1 cm³/mol. The first-order chi connectivity index (χ1) is 7.95. The van der Waals surface area contributed by atoms with Gasteiger partial charge in [-0.3, -0.25) is 19.6 Å². The average Bonchev–Trinajstić information content (AvgIpc) is 2.51. The number of hydrogen-bond acceptors (Lipinski definition) is 2. The van der Waals surface area contributed by atoms with E-state index >= 15 is 0 Å². The molecule has 0 N–H and O–H groups in total. The Kier molecular flexibility index (Phi) is 5.92. The molecule has 0 aromatic carbocycles. The van der Waals surface area contributed by atoms with E-state index in [0.29, 0.717) is 13.1 Å². The van der Waals surface area contributed by atoms with Crippen LogP contribution in [0.25, 0.3) is 0 Å². The highest BCUT2D eigenvalue weighted by Crippen LogP contribution is 2.17. The van der Waals surface area contributed by atoms with E-state index < -0.39 is 0 Å². The zero-order chi connectivity index (χ0) is 13.0. The molecule has 0 aliphatic carbocycles. The largest absolute Gasteiger partial charge is 0.272 e. The van der Waals surface area contributed by atoms with Gasteiger partial charge in [-0.25, -0.2) is 0 Å². The van der Waals surface area contributed by atoms with Crippen LogP contribution in [0.3, 0.4) is 0 Å². The minimum absolute atomic E-state index is 0.0478. The van der Waals surface area contributed by atoms with E-state index in [-0.39, 0.29) is 21.5 Å². The summed E-state index contributed by atoms with van der Waals surface area (Å²) < 4.78 is 0. The average molecular weight is 370 g/mol. The molecule has 1 aliphatic heterocycles. The van der Waals surface area contributed by atoms with Crippen molar-refractivity contribution in [2.75, 3.05) is 13.1 Å². The fraction of sp³-hybridized carbons (Fsp3) is 0.818. The van der Waals surface area contributed by atoms with E-state index in [2.05, 4.69) is 31.9 Å². The Balaban J connectivity index is 2.86. The van der Waals surface area contributed by atoms with Crippen molar-refractivity contribution < 1.29 is 9.59 Å². The van der Waals surface area contributed by atoms with Gasteiger partial charge in [-0.05, 0) is 33.1 Å². The topological polar surface area (TPSA) is 40.6 Å². The van der Waals surface area contributed by atoms with Crippen LogP contribution in [-0.2, 0) is 9.59 Å². The van der Waals surface area contributed by atoms with Crippen LogP contribution in [0, 0.1) is 0 Å². The van der Waals surface area contributed by atoms with Gasteiger partial charge in [0.1, 0.15) is 0 Å². The van der Waals surface area contributed by atoms with Crippen molar-refractivity contribution in [2.45, 2.75) is 42.8 Å². The molecule has 0 aromatic rings. The maximum atomic E-state index is 12.1. The lowest BCUT2D eigenvalue weighted by Gasteiger charge is -2.34. The van der Waals surface area contributed by atoms with Crippen LogP contribution in [0.5, 0.6) is 0 Å². The SMILES string of the molecule is CC(Br)C(=O)N1CCCCCN1C(=O)C(C)Br. The Labute approximate surface area is 119 Å². The normalized spacial score (nSPS) is 20.7. The molecule has 1 rings (SSSR count). The summed E-state index contributed by atoms with van der Waals surface area (Å²) in [5.74, 6) is -0.0956. The quantitative estimate of drug-likeness (QED) is 0.701. The van der Waals surface area contributed by atoms with E-state index in [9.17, 15) is 9.59 Å². The third-order valence-corrected chi connectivity index (χ3v) is 3.50. The fourth-order valence-corrected chi connectivity index (χ4v) is 2.28. The Bertz CT molecular complexity index is 267. The van der Waals surface area contributed by atoms with E-state index in [1.807, 2.05) is 0 Å². The van der Waals surface area contributed by atoms with Gasteiger partial charge in [0.15, 0.2) is 0 Å². The zero-order valence-corrected chi connectivity index (χ0v) is 13.3. The first-order valence-corrected chi connectivity index (χ1v) is 7.69. The fourth-order valence-electron chi connectivity index (χ4n) is 1.81. The summed E-state index contributed by atoms with van der Waals surface area (Å²) in [6.45, 7) is 4.82. The van der Waals surface area contributed by atoms with Crippen LogP contribution >= 0.6 is 31.9 Å². The third kappa shape index (κ3) is 3.95. The molecule has 2 atom stereocenters. The molecule has 6 heteroatoms. The van der Waals surface area contributed by atoms with E-state index in [4.69, 9.17) is 0 Å². The highest BCUT2D eigenvalue weighted by Gasteiger charge is 2.30. The van der Waals surface area contributed by atoms with Crippen molar-refractivity contribution >= 4 is 43.7 Å². The molecular weight excluding hydrogens is 352 g/mol. The molecule has 4 nitrogen and oxygen atoms in total. The van der Waals surface area contributed by atoms with E-state index in [1.54, 1.807) is 23.9 Å². The first-order valence-electron chi connectivity index (χ1n) is 5.86. The van der Waals surface area contributed by atoms with Crippen LogP contribution in [0.15, 0.2) is 0 Å². The highest BCUT2D eigenvalue weighted by molar-refractivity contribution is 9.10. The molecule has 0 spiro atoms. The Hall–Kier alpha value is -0.100. The molecule has 0 radical (unpaired) electrons. The number of carbonyl (C=O) groups is 2. The monoisotopic (exact) mass is 368 g/mol. The molecule has 0 bridgehead atoms. The number of nitrogens with zero attached hydrogens (tertiary/aromatic N) is 2. The molecule has 17 heavy (non-hydrogen) atoms. The molecule has 1 fully saturated rings. The second-order valence-corrected chi connectivity index (χ2v) is 6.96. The third-order valence-electron chi connectivity index (χ3n) is 2.72. The number of hydrogen-bond donors (Lipinski definition) is 0. The Morgan fingerprint density at radius 3 is 1.53 bits per heavy atom. The Morgan fingerprint density at radius 1 is 0.882 bits per heavy atom. The Morgan fingerprint density at radius 2 is 1.24 bits per heavy atom. The summed E-state index contributed by atoms with van der Waals surface area (Å²) in [7, 11) is 0. The van der Waals surface area contributed by atoms with Gasteiger partial charge in [-0.2, -0.15) is 0 Å². The number of amides is 2. The van der Waals surface area contributed by atoms with Gasteiger partial charge in [-0.1, -0.05) is 31.9 Å². The summed E-state index contributed by atoms with van der Waals surface area (Å²) in [6, 6.07) is 0. The van der Waals surface area contributed by atoms with Crippen LogP contribution in [-0.4, -0.2) is 44.6 Å². The molecule has 98 valence electrons. The number of alkyl halides is 2. The van der Waals surface area contributed by atoms with Crippen LogP contribution in [0.2, 0.25) is 0 Å². The van der Waals surface area contributed by atoms with Gasteiger partial charge < -0.3 is 0 Å². The zero-order valence-electron chi connectivity index (χ0n) is 10.2. The molecule has 1 saturated heterocycles. The van der Waals surface area contributed by atoms with Gasteiger partial charge in [0.2, 0.25) is 0 Å². The summed E-state index contributed by atoms with van der Waals surface area (Å²) in [5.41, 5.74) is 0. The molecule has 2 unspecified atom stereocenters. The van der Waals surface area contributed by atoms with Gasteiger partial charge >= 0.3 is 0 Å². The standard InChI is InChI=1S/C11H18Br2N2O2/c1-8(12)10(16)14-6-4-3-5-7-15(14)11(17)9(2)13/h8-9H,3-7H2,1-2H3. The van der Waals surface area contributed by atoms with Gasteiger partial charge in [0.05, 0.1) is 9.65 Å². The lowest BCUT2D eigenvalue weighted by Crippen LogP contribution is -2.53. The summed E-state index contributed by atoms with van der Waals surface area (Å²) in [4.78, 5) is 23.6. The van der Waals surface area contributed by atoms with E-state index in [1.165, 1.54) is 0 Å². The van der Waals surface area contributed by atoms with Crippen molar-refractivity contribution in [3.63, 3.8) is 0 Å². The smallest absolute Gasteiger partial charge is 0.254 e. The van der Waals surface area contributed by atoms with Crippen molar-refractivity contribution in [1.29, 1.82) is 0 Å². The molecule has 0 aromatic heterocycles. The number of hydrazine groups is 1. The van der Waals surface area contributed by atoms with Gasteiger partial charge in [-0.15, -0.1) is 0 Å². The van der Waals surface area contributed by atoms with Crippen LogP contribution in [0.4, 0.5) is 0 Å². The van der Waals surface area contributed by atoms with Crippen molar-refractivity contribution in [3.8, 4) is 0 Å². The van der Waals surface area contributed by atoms with Crippen molar-refractivity contribution in [3.05, 3.63) is 0 Å². The lowest BCUT2D eigenvalue weighted by atomic mass is 10.2. The second kappa shape index (κ2) is 6.73. The van der Waals surface area contributed by atoms with Crippen molar-refractivity contribution in [2.24, 2.45) is 0 Å². The predicted octanol–water partition coefficient (Wildman–Crippen LogP) is 2.31. The number of carbonyl (C=O) groups excluding carboxylic acids is 2. The maximum absolute atomic E-state index is 12.1. The molecule has 0 saturated carbocycles. The molecule has 1 heterocycles.